The van der Waals surface area contributed by atoms with Gasteiger partial charge in [0.15, 0.2) is 0 Å². The second-order valence-corrected chi connectivity index (χ2v) is 5.14. The van der Waals surface area contributed by atoms with Gasteiger partial charge in [-0.1, -0.05) is 6.42 Å². The lowest BCUT2D eigenvalue weighted by Crippen LogP contribution is -2.36. The SMILES string of the molecule is O=C(C1CC1)N1CCC2(CCC2)C1. The van der Waals surface area contributed by atoms with Crippen LogP contribution in [0.25, 0.3) is 0 Å². The smallest absolute Gasteiger partial charge is 0.225 e. The summed E-state index contributed by atoms with van der Waals surface area (Å²) in [5.41, 5.74) is 0.588. The van der Waals surface area contributed by atoms with Gasteiger partial charge in [-0.3, -0.25) is 4.79 Å². The van der Waals surface area contributed by atoms with Crippen molar-refractivity contribution in [3.63, 3.8) is 0 Å². The van der Waals surface area contributed by atoms with E-state index in [1.807, 2.05) is 0 Å². The van der Waals surface area contributed by atoms with Gasteiger partial charge in [0.25, 0.3) is 0 Å². The molecule has 0 aromatic rings. The van der Waals surface area contributed by atoms with Gasteiger partial charge in [0.1, 0.15) is 0 Å². The van der Waals surface area contributed by atoms with E-state index >= 15 is 0 Å². The van der Waals surface area contributed by atoms with E-state index in [2.05, 4.69) is 4.90 Å². The fourth-order valence-electron chi connectivity index (χ4n) is 2.80. The maximum Gasteiger partial charge on any atom is 0.225 e. The predicted molar refractivity (Wildman–Crippen MR) is 50.2 cm³/mol. The van der Waals surface area contributed by atoms with E-state index in [0.717, 1.165) is 25.9 Å². The highest BCUT2D eigenvalue weighted by Gasteiger charge is 2.46. The van der Waals surface area contributed by atoms with Crippen LogP contribution in [0.1, 0.15) is 38.5 Å². The molecule has 2 heteroatoms. The maximum atomic E-state index is 11.8. The number of nitrogens with zero attached hydrogens (tertiary/aromatic N) is 1. The molecule has 0 aromatic heterocycles. The molecular formula is C11H17NO. The van der Waals surface area contributed by atoms with E-state index in [-0.39, 0.29) is 0 Å². The quantitative estimate of drug-likeness (QED) is 0.601. The second kappa shape index (κ2) is 2.49. The lowest BCUT2D eigenvalue weighted by molar-refractivity contribution is -0.132. The first kappa shape index (κ1) is 7.84. The summed E-state index contributed by atoms with van der Waals surface area (Å²) in [7, 11) is 0. The van der Waals surface area contributed by atoms with Crippen molar-refractivity contribution >= 4 is 5.91 Å². The van der Waals surface area contributed by atoms with Gasteiger partial charge in [-0.2, -0.15) is 0 Å². The lowest BCUT2D eigenvalue weighted by atomic mass is 9.68. The molecule has 0 unspecified atom stereocenters. The van der Waals surface area contributed by atoms with Crippen molar-refractivity contribution in [2.24, 2.45) is 11.3 Å². The summed E-state index contributed by atoms with van der Waals surface area (Å²) >= 11 is 0. The molecule has 72 valence electrons. The highest BCUT2D eigenvalue weighted by atomic mass is 16.2. The summed E-state index contributed by atoms with van der Waals surface area (Å²) < 4.78 is 0. The summed E-state index contributed by atoms with van der Waals surface area (Å²) in [4.78, 5) is 13.9. The van der Waals surface area contributed by atoms with Crippen LogP contribution in [-0.2, 0) is 4.79 Å². The number of likely N-dealkylation sites (tertiary alicyclic amines) is 1. The Balaban J connectivity index is 1.64. The zero-order chi connectivity index (χ0) is 8.89. The van der Waals surface area contributed by atoms with Gasteiger partial charge in [-0.25, -0.2) is 0 Å². The first-order chi connectivity index (χ1) is 6.29. The minimum Gasteiger partial charge on any atom is -0.342 e. The number of carbonyl (C=O) groups is 1. The number of rotatable bonds is 1. The summed E-state index contributed by atoms with van der Waals surface area (Å²) in [6.07, 6.45) is 7.74. The van der Waals surface area contributed by atoms with Crippen molar-refractivity contribution in [2.45, 2.75) is 38.5 Å². The number of carbonyl (C=O) groups excluding carboxylic acids is 1. The predicted octanol–water partition coefficient (Wildman–Crippen LogP) is 1.80. The van der Waals surface area contributed by atoms with Crippen LogP contribution in [0.5, 0.6) is 0 Å². The van der Waals surface area contributed by atoms with Gasteiger partial charge in [0.05, 0.1) is 0 Å². The monoisotopic (exact) mass is 179 g/mol. The lowest BCUT2D eigenvalue weighted by Gasteiger charge is -2.38. The first-order valence-electron chi connectivity index (χ1n) is 5.58. The zero-order valence-electron chi connectivity index (χ0n) is 8.09. The van der Waals surface area contributed by atoms with Crippen LogP contribution in [0.2, 0.25) is 0 Å². The summed E-state index contributed by atoms with van der Waals surface area (Å²) in [6, 6.07) is 0. The normalized spacial score (nSPS) is 30.6. The van der Waals surface area contributed by atoms with Gasteiger partial charge in [0, 0.05) is 19.0 Å². The molecule has 1 spiro atoms. The molecule has 0 N–H and O–H groups in total. The molecule has 0 atom stereocenters. The van der Waals surface area contributed by atoms with E-state index in [1.54, 1.807) is 0 Å². The molecule has 2 saturated carbocycles. The number of amides is 1. The zero-order valence-corrected chi connectivity index (χ0v) is 8.09. The summed E-state index contributed by atoms with van der Waals surface area (Å²) in [5.74, 6) is 0.888. The Hall–Kier alpha value is -0.530. The average molecular weight is 179 g/mol. The van der Waals surface area contributed by atoms with Crippen molar-refractivity contribution in [2.75, 3.05) is 13.1 Å². The van der Waals surface area contributed by atoms with Gasteiger partial charge in [-0.05, 0) is 37.5 Å². The second-order valence-electron chi connectivity index (χ2n) is 5.14. The molecule has 13 heavy (non-hydrogen) atoms. The van der Waals surface area contributed by atoms with Crippen molar-refractivity contribution < 1.29 is 4.79 Å². The van der Waals surface area contributed by atoms with Crippen LogP contribution < -0.4 is 0 Å². The molecule has 1 heterocycles. The number of hydrogen-bond donors (Lipinski definition) is 0. The molecule has 3 rings (SSSR count). The van der Waals surface area contributed by atoms with Crippen LogP contribution in [0.15, 0.2) is 0 Å². The molecule has 2 nitrogen and oxygen atoms in total. The van der Waals surface area contributed by atoms with Gasteiger partial charge in [-0.15, -0.1) is 0 Å². The topological polar surface area (TPSA) is 20.3 Å². The van der Waals surface area contributed by atoms with Gasteiger partial charge in [0.2, 0.25) is 5.91 Å². The third-order valence-corrected chi connectivity index (χ3v) is 4.09. The van der Waals surface area contributed by atoms with Crippen LogP contribution >= 0.6 is 0 Å². The van der Waals surface area contributed by atoms with Crippen LogP contribution in [-0.4, -0.2) is 23.9 Å². The molecule has 0 bridgehead atoms. The maximum absolute atomic E-state index is 11.8. The Morgan fingerprint density at radius 2 is 2.00 bits per heavy atom. The Morgan fingerprint density at radius 1 is 1.23 bits per heavy atom. The van der Waals surface area contributed by atoms with Crippen molar-refractivity contribution in [1.82, 2.24) is 4.90 Å². The molecule has 0 radical (unpaired) electrons. The van der Waals surface area contributed by atoms with Crippen molar-refractivity contribution in [3.05, 3.63) is 0 Å². The van der Waals surface area contributed by atoms with E-state index in [0.29, 0.717) is 17.2 Å². The standard InChI is InChI=1S/C11H17NO/c13-10(9-2-3-9)12-7-6-11(8-12)4-1-5-11/h9H,1-8H2. The number of hydrogen-bond acceptors (Lipinski definition) is 1. The van der Waals surface area contributed by atoms with E-state index in [1.165, 1.54) is 25.7 Å². The third-order valence-electron chi connectivity index (χ3n) is 4.09. The fourth-order valence-corrected chi connectivity index (χ4v) is 2.80. The molecule has 3 fully saturated rings. The van der Waals surface area contributed by atoms with E-state index < -0.39 is 0 Å². The molecule has 3 aliphatic rings. The van der Waals surface area contributed by atoms with Gasteiger partial charge < -0.3 is 4.90 Å². The highest BCUT2D eigenvalue weighted by molar-refractivity contribution is 5.81. The van der Waals surface area contributed by atoms with E-state index in [9.17, 15) is 4.79 Å². The third kappa shape index (κ3) is 1.18. The molecule has 0 aromatic carbocycles. The molecule has 1 saturated heterocycles. The fraction of sp³-hybridized carbons (Fsp3) is 0.909. The first-order valence-corrected chi connectivity index (χ1v) is 5.58. The molecule has 1 amide bonds. The summed E-state index contributed by atoms with van der Waals surface area (Å²) in [6.45, 7) is 2.14. The van der Waals surface area contributed by atoms with Crippen LogP contribution in [0, 0.1) is 11.3 Å². The van der Waals surface area contributed by atoms with Crippen molar-refractivity contribution in [3.8, 4) is 0 Å². The highest BCUT2D eigenvalue weighted by Crippen LogP contribution is 2.48. The summed E-state index contributed by atoms with van der Waals surface area (Å²) in [5, 5.41) is 0. The van der Waals surface area contributed by atoms with Crippen LogP contribution in [0.3, 0.4) is 0 Å². The van der Waals surface area contributed by atoms with E-state index in [4.69, 9.17) is 0 Å². The minimum absolute atomic E-state index is 0.426. The Kier molecular flexibility index (Phi) is 1.50. The Bertz CT molecular complexity index is 240. The Labute approximate surface area is 79.3 Å². The van der Waals surface area contributed by atoms with Gasteiger partial charge >= 0.3 is 0 Å². The molecule has 1 aliphatic heterocycles. The average Bonchev–Trinajstić information content (AvgIpc) is 2.80. The molecule has 2 aliphatic carbocycles. The van der Waals surface area contributed by atoms with Crippen molar-refractivity contribution in [1.29, 1.82) is 0 Å². The largest absolute Gasteiger partial charge is 0.342 e. The molecular weight excluding hydrogens is 162 g/mol. The Morgan fingerprint density at radius 3 is 2.46 bits per heavy atom. The van der Waals surface area contributed by atoms with Crippen LogP contribution in [0.4, 0.5) is 0 Å². The minimum atomic E-state index is 0.426.